The summed E-state index contributed by atoms with van der Waals surface area (Å²) in [5.41, 5.74) is 0. The first kappa shape index (κ1) is 6.62. The van der Waals surface area contributed by atoms with Gasteiger partial charge in [0.05, 0.1) is 5.76 Å². The maximum absolute atomic E-state index is 9.09. The van der Waals surface area contributed by atoms with Crippen LogP contribution in [0.3, 0.4) is 0 Å². The van der Waals surface area contributed by atoms with Crippen molar-refractivity contribution in [2.24, 2.45) is 5.92 Å². The van der Waals surface area contributed by atoms with Crippen molar-refractivity contribution in [3.8, 4) is 0 Å². The molecular weight excluding hydrogens is 116 g/mol. The first-order valence-electron chi connectivity index (χ1n) is 3.21. The standard InChI is InChI=1S/C7H12O2/c1-5-3-4-6(2)9-7(5)8/h4-5,7-8H,3H2,1-2H3/t5-,7-/m1/s1. The molecule has 2 nitrogen and oxygen atoms in total. The highest BCUT2D eigenvalue weighted by Gasteiger charge is 2.18. The van der Waals surface area contributed by atoms with Gasteiger partial charge in [0.15, 0.2) is 6.29 Å². The maximum Gasteiger partial charge on any atom is 0.199 e. The van der Waals surface area contributed by atoms with Crippen molar-refractivity contribution in [1.29, 1.82) is 0 Å². The van der Waals surface area contributed by atoms with E-state index in [2.05, 4.69) is 0 Å². The Bertz CT molecular complexity index is 129. The Morgan fingerprint density at radius 1 is 1.78 bits per heavy atom. The van der Waals surface area contributed by atoms with Gasteiger partial charge >= 0.3 is 0 Å². The molecule has 2 heteroatoms. The zero-order valence-corrected chi connectivity index (χ0v) is 5.79. The Balaban J connectivity index is 2.54. The molecule has 2 atom stereocenters. The lowest BCUT2D eigenvalue weighted by molar-refractivity contribution is -0.107. The van der Waals surface area contributed by atoms with Gasteiger partial charge in [0.1, 0.15) is 0 Å². The van der Waals surface area contributed by atoms with E-state index < -0.39 is 6.29 Å². The smallest absolute Gasteiger partial charge is 0.199 e. The molecule has 0 amide bonds. The summed E-state index contributed by atoms with van der Waals surface area (Å²) >= 11 is 0. The molecule has 0 saturated heterocycles. The van der Waals surface area contributed by atoms with Crippen LogP contribution in [0.4, 0.5) is 0 Å². The molecule has 0 aromatic heterocycles. The summed E-state index contributed by atoms with van der Waals surface area (Å²) in [6.45, 7) is 3.82. The third kappa shape index (κ3) is 1.45. The molecule has 0 radical (unpaired) electrons. The number of hydrogen-bond acceptors (Lipinski definition) is 2. The second-order valence-electron chi connectivity index (χ2n) is 2.54. The predicted molar refractivity (Wildman–Crippen MR) is 34.6 cm³/mol. The molecule has 1 aliphatic rings. The van der Waals surface area contributed by atoms with Crippen LogP contribution < -0.4 is 0 Å². The van der Waals surface area contributed by atoms with E-state index in [4.69, 9.17) is 9.84 Å². The van der Waals surface area contributed by atoms with Gasteiger partial charge in [-0.2, -0.15) is 0 Å². The fourth-order valence-corrected chi connectivity index (χ4v) is 0.823. The minimum atomic E-state index is -0.588. The van der Waals surface area contributed by atoms with Gasteiger partial charge in [-0.3, -0.25) is 0 Å². The lowest BCUT2D eigenvalue weighted by Crippen LogP contribution is -2.23. The van der Waals surface area contributed by atoms with Crippen LogP contribution >= 0.6 is 0 Å². The molecule has 9 heavy (non-hydrogen) atoms. The number of hydrogen-bond donors (Lipinski definition) is 1. The number of rotatable bonds is 0. The Morgan fingerprint density at radius 3 is 2.89 bits per heavy atom. The minimum absolute atomic E-state index is 0.244. The first-order valence-corrected chi connectivity index (χ1v) is 3.21. The molecule has 1 rings (SSSR count). The number of allylic oxidation sites excluding steroid dienone is 2. The Kier molecular flexibility index (Phi) is 1.76. The van der Waals surface area contributed by atoms with Crippen LogP contribution in [0.1, 0.15) is 20.3 Å². The van der Waals surface area contributed by atoms with Crippen LogP contribution in [0.2, 0.25) is 0 Å². The van der Waals surface area contributed by atoms with E-state index in [0.29, 0.717) is 0 Å². The highest BCUT2D eigenvalue weighted by atomic mass is 16.6. The Morgan fingerprint density at radius 2 is 2.44 bits per heavy atom. The van der Waals surface area contributed by atoms with Crippen molar-refractivity contribution in [1.82, 2.24) is 0 Å². The van der Waals surface area contributed by atoms with E-state index >= 15 is 0 Å². The van der Waals surface area contributed by atoms with Crippen LogP contribution in [-0.2, 0) is 4.74 Å². The fraction of sp³-hybridized carbons (Fsp3) is 0.714. The summed E-state index contributed by atoms with van der Waals surface area (Å²) in [4.78, 5) is 0. The molecule has 0 saturated carbocycles. The Labute approximate surface area is 55.1 Å². The molecule has 0 fully saturated rings. The lowest BCUT2D eigenvalue weighted by Gasteiger charge is -2.23. The van der Waals surface area contributed by atoms with Gasteiger partial charge in [0.25, 0.3) is 0 Å². The fourth-order valence-electron chi connectivity index (χ4n) is 0.823. The van der Waals surface area contributed by atoms with Gasteiger partial charge in [-0.15, -0.1) is 0 Å². The van der Waals surface area contributed by atoms with Gasteiger partial charge in [-0.1, -0.05) is 6.92 Å². The van der Waals surface area contributed by atoms with Crippen LogP contribution in [-0.4, -0.2) is 11.4 Å². The van der Waals surface area contributed by atoms with Crippen LogP contribution in [0, 0.1) is 5.92 Å². The van der Waals surface area contributed by atoms with Crippen molar-refractivity contribution >= 4 is 0 Å². The normalized spacial score (nSPS) is 35.2. The summed E-state index contributed by atoms with van der Waals surface area (Å²) in [6.07, 6.45) is 2.33. The number of ether oxygens (including phenoxy) is 1. The summed E-state index contributed by atoms with van der Waals surface area (Å²) in [7, 11) is 0. The number of aliphatic hydroxyl groups is 1. The second-order valence-corrected chi connectivity index (χ2v) is 2.54. The topological polar surface area (TPSA) is 29.5 Å². The van der Waals surface area contributed by atoms with Gasteiger partial charge < -0.3 is 9.84 Å². The third-order valence-corrected chi connectivity index (χ3v) is 1.57. The average Bonchev–Trinajstić information content (AvgIpc) is 1.80. The highest BCUT2D eigenvalue weighted by Crippen LogP contribution is 2.19. The van der Waals surface area contributed by atoms with E-state index in [1.165, 1.54) is 0 Å². The molecule has 1 N–H and O–H groups in total. The quantitative estimate of drug-likeness (QED) is 0.532. The summed E-state index contributed by atoms with van der Waals surface area (Å²) in [6, 6.07) is 0. The summed E-state index contributed by atoms with van der Waals surface area (Å²) in [5, 5.41) is 9.09. The first-order chi connectivity index (χ1) is 4.20. The molecule has 1 heterocycles. The van der Waals surface area contributed by atoms with Crippen LogP contribution in [0.5, 0.6) is 0 Å². The largest absolute Gasteiger partial charge is 0.470 e. The molecule has 0 aromatic carbocycles. The number of aliphatic hydroxyl groups excluding tert-OH is 1. The monoisotopic (exact) mass is 128 g/mol. The third-order valence-electron chi connectivity index (χ3n) is 1.57. The lowest BCUT2D eigenvalue weighted by atomic mass is 10.1. The molecule has 0 spiro atoms. The SMILES string of the molecule is CC1=CC[C@@H](C)[C@H](O)O1. The van der Waals surface area contributed by atoms with E-state index in [1.54, 1.807) is 0 Å². The maximum atomic E-state index is 9.09. The van der Waals surface area contributed by atoms with E-state index in [1.807, 2.05) is 19.9 Å². The summed E-state index contributed by atoms with van der Waals surface area (Å²) in [5.74, 6) is 1.08. The van der Waals surface area contributed by atoms with Crippen molar-refractivity contribution in [3.05, 3.63) is 11.8 Å². The highest BCUT2D eigenvalue weighted by molar-refractivity contribution is 4.94. The molecule has 52 valence electrons. The van der Waals surface area contributed by atoms with Gasteiger partial charge in [-0.25, -0.2) is 0 Å². The molecule has 1 aliphatic heterocycles. The van der Waals surface area contributed by atoms with Crippen molar-refractivity contribution in [2.45, 2.75) is 26.6 Å². The predicted octanol–water partition coefficient (Wildman–Crippen LogP) is 1.27. The average molecular weight is 128 g/mol. The molecule has 0 aliphatic carbocycles. The van der Waals surface area contributed by atoms with E-state index in [9.17, 15) is 0 Å². The van der Waals surface area contributed by atoms with E-state index in [0.717, 1.165) is 12.2 Å². The van der Waals surface area contributed by atoms with Crippen LogP contribution in [0.25, 0.3) is 0 Å². The van der Waals surface area contributed by atoms with Gasteiger partial charge in [-0.05, 0) is 19.4 Å². The molecule has 0 bridgehead atoms. The minimum Gasteiger partial charge on any atom is -0.470 e. The molecule has 0 unspecified atom stereocenters. The molecular formula is C7H12O2. The van der Waals surface area contributed by atoms with Crippen molar-refractivity contribution in [3.63, 3.8) is 0 Å². The van der Waals surface area contributed by atoms with Gasteiger partial charge in [0.2, 0.25) is 0 Å². The van der Waals surface area contributed by atoms with Gasteiger partial charge in [0, 0.05) is 5.92 Å². The zero-order chi connectivity index (χ0) is 6.85. The zero-order valence-electron chi connectivity index (χ0n) is 5.79. The van der Waals surface area contributed by atoms with Crippen molar-refractivity contribution < 1.29 is 9.84 Å². The molecule has 0 aromatic rings. The Hall–Kier alpha value is -0.500. The van der Waals surface area contributed by atoms with Crippen LogP contribution in [0.15, 0.2) is 11.8 Å². The summed E-state index contributed by atoms with van der Waals surface area (Å²) < 4.78 is 5.02. The van der Waals surface area contributed by atoms with E-state index in [-0.39, 0.29) is 5.92 Å². The second kappa shape index (κ2) is 2.40. The van der Waals surface area contributed by atoms with Crippen molar-refractivity contribution in [2.75, 3.05) is 0 Å².